The van der Waals surface area contributed by atoms with E-state index in [2.05, 4.69) is 4.98 Å². The number of rotatable bonds is 3. The Kier molecular flexibility index (Phi) is 3.10. The van der Waals surface area contributed by atoms with Gasteiger partial charge in [0.05, 0.1) is 18.1 Å². The second kappa shape index (κ2) is 4.94. The molecule has 0 fully saturated rings. The molecule has 2 aromatic carbocycles. The van der Waals surface area contributed by atoms with Crippen LogP contribution in [0.2, 0.25) is 0 Å². The van der Waals surface area contributed by atoms with Crippen molar-refractivity contribution in [2.45, 2.75) is 6.92 Å². The number of ether oxygens (including phenoxy) is 1. The van der Waals surface area contributed by atoms with E-state index in [0.717, 1.165) is 22.2 Å². The number of H-pyrrole nitrogens is 1. The molecule has 3 aromatic rings. The van der Waals surface area contributed by atoms with Crippen LogP contribution >= 0.6 is 0 Å². The van der Waals surface area contributed by atoms with Crippen LogP contribution in [0.25, 0.3) is 22.2 Å². The molecule has 0 saturated carbocycles. The first kappa shape index (κ1) is 13.2. The van der Waals surface area contributed by atoms with E-state index in [4.69, 9.17) is 4.74 Å². The highest BCUT2D eigenvalue weighted by Gasteiger charge is 2.20. The van der Waals surface area contributed by atoms with Crippen LogP contribution in [0.5, 0.6) is 5.75 Å². The van der Waals surface area contributed by atoms with Gasteiger partial charge in [0.2, 0.25) is 0 Å². The average Bonchev–Trinajstić information content (AvgIpc) is 2.84. The number of nitro groups is 1. The summed E-state index contributed by atoms with van der Waals surface area (Å²) in [6.07, 6.45) is 0. The van der Waals surface area contributed by atoms with Gasteiger partial charge in [-0.3, -0.25) is 10.1 Å². The molecule has 0 aliphatic heterocycles. The summed E-state index contributed by atoms with van der Waals surface area (Å²) in [6, 6.07) is 13.0. The molecule has 106 valence electrons. The summed E-state index contributed by atoms with van der Waals surface area (Å²) in [5.74, 6) is 0.482. The van der Waals surface area contributed by atoms with Crippen molar-refractivity contribution >= 4 is 16.6 Å². The summed E-state index contributed by atoms with van der Waals surface area (Å²) in [6.45, 7) is 1.95. The molecule has 0 saturated heterocycles. The lowest BCUT2D eigenvalue weighted by molar-refractivity contribution is -0.383. The summed E-state index contributed by atoms with van der Waals surface area (Å²) in [5.41, 5.74) is 3.41. The Morgan fingerprint density at radius 1 is 1.19 bits per heavy atom. The molecule has 0 atom stereocenters. The molecule has 0 bridgehead atoms. The van der Waals surface area contributed by atoms with Crippen LogP contribution < -0.4 is 4.74 Å². The number of aryl methyl sites for hydroxylation is 1. The molecule has 3 rings (SSSR count). The van der Waals surface area contributed by atoms with E-state index >= 15 is 0 Å². The molecule has 0 amide bonds. The number of hydrogen-bond donors (Lipinski definition) is 1. The van der Waals surface area contributed by atoms with Gasteiger partial charge in [-0.15, -0.1) is 0 Å². The monoisotopic (exact) mass is 282 g/mol. The highest BCUT2D eigenvalue weighted by Crippen LogP contribution is 2.37. The molecule has 5 nitrogen and oxygen atoms in total. The van der Waals surface area contributed by atoms with Gasteiger partial charge in [-0.1, -0.05) is 30.3 Å². The van der Waals surface area contributed by atoms with Crippen LogP contribution in [0.3, 0.4) is 0 Å². The predicted molar refractivity (Wildman–Crippen MR) is 81.7 cm³/mol. The van der Waals surface area contributed by atoms with E-state index in [9.17, 15) is 10.1 Å². The summed E-state index contributed by atoms with van der Waals surface area (Å²) in [7, 11) is 1.50. The topological polar surface area (TPSA) is 68.2 Å². The van der Waals surface area contributed by atoms with Gasteiger partial charge < -0.3 is 9.72 Å². The number of hydrogen-bond acceptors (Lipinski definition) is 3. The summed E-state index contributed by atoms with van der Waals surface area (Å²) in [5, 5.41) is 12.1. The third-order valence-electron chi connectivity index (χ3n) is 3.61. The fourth-order valence-electron chi connectivity index (χ4n) is 2.54. The van der Waals surface area contributed by atoms with E-state index < -0.39 is 4.92 Å². The van der Waals surface area contributed by atoms with Crippen LogP contribution in [0.15, 0.2) is 42.5 Å². The van der Waals surface area contributed by atoms with E-state index in [-0.39, 0.29) is 5.69 Å². The Balaban J connectivity index is 2.34. The van der Waals surface area contributed by atoms with Crippen LogP contribution in [-0.4, -0.2) is 17.0 Å². The molecule has 1 aromatic heterocycles. The molecule has 0 unspecified atom stereocenters. The van der Waals surface area contributed by atoms with Gasteiger partial charge in [0, 0.05) is 11.1 Å². The molecule has 0 aliphatic carbocycles. The van der Waals surface area contributed by atoms with Crippen molar-refractivity contribution in [1.29, 1.82) is 0 Å². The van der Waals surface area contributed by atoms with E-state index in [1.807, 2.05) is 43.3 Å². The number of aromatic nitrogens is 1. The normalized spacial score (nSPS) is 10.8. The molecule has 1 heterocycles. The molecule has 0 radical (unpaired) electrons. The minimum atomic E-state index is -0.393. The predicted octanol–water partition coefficient (Wildman–Crippen LogP) is 4.06. The van der Waals surface area contributed by atoms with Crippen LogP contribution in [0.4, 0.5) is 5.69 Å². The minimum absolute atomic E-state index is 0.0228. The Bertz CT molecular complexity index is 822. The van der Waals surface area contributed by atoms with Crippen LogP contribution in [0, 0.1) is 17.0 Å². The first-order valence-corrected chi connectivity index (χ1v) is 6.52. The number of nitrogens with zero attached hydrogens (tertiary/aromatic N) is 1. The molecule has 0 aliphatic rings. The highest BCUT2D eigenvalue weighted by atomic mass is 16.6. The van der Waals surface area contributed by atoms with Crippen molar-refractivity contribution in [1.82, 2.24) is 4.98 Å². The first-order valence-electron chi connectivity index (χ1n) is 6.52. The van der Waals surface area contributed by atoms with Crippen molar-refractivity contribution in [2.75, 3.05) is 7.11 Å². The fraction of sp³-hybridized carbons (Fsp3) is 0.125. The Hall–Kier alpha value is -2.82. The van der Waals surface area contributed by atoms with E-state index in [1.54, 1.807) is 0 Å². The lowest BCUT2D eigenvalue weighted by atomic mass is 10.1. The summed E-state index contributed by atoms with van der Waals surface area (Å²) < 4.78 is 5.16. The third kappa shape index (κ3) is 2.12. The maximum absolute atomic E-state index is 11.3. The number of aromatic amines is 1. The largest absolute Gasteiger partial charge is 0.496 e. The first-order chi connectivity index (χ1) is 10.1. The highest BCUT2D eigenvalue weighted by molar-refractivity contribution is 5.97. The van der Waals surface area contributed by atoms with Gasteiger partial charge in [0.15, 0.2) is 0 Å². The number of methoxy groups -OCH3 is 1. The number of non-ortho nitro benzene ring substituents is 1. The number of benzene rings is 2. The second-order valence-electron chi connectivity index (χ2n) is 4.82. The maximum Gasteiger partial charge on any atom is 0.297 e. The Labute approximate surface area is 121 Å². The van der Waals surface area contributed by atoms with Gasteiger partial charge in [-0.25, -0.2) is 0 Å². The molecular weight excluding hydrogens is 268 g/mol. The standard InChI is InChI=1S/C16H14N2O3/c1-10-13-8-12(21-2)9-14(18(19)20)16(13)17-15(10)11-6-4-3-5-7-11/h3-9,17H,1-2H3. The van der Waals surface area contributed by atoms with Crippen molar-refractivity contribution < 1.29 is 9.66 Å². The van der Waals surface area contributed by atoms with Gasteiger partial charge in [0.1, 0.15) is 11.3 Å². The minimum Gasteiger partial charge on any atom is -0.496 e. The quantitative estimate of drug-likeness (QED) is 0.581. The number of fused-ring (bicyclic) bond motifs is 1. The van der Waals surface area contributed by atoms with Gasteiger partial charge in [0.25, 0.3) is 5.69 Å². The average molecular weight is 282 g/mol. The lowest BCUT2D eigenvalue weighted by Gasteiger charge is -2.01. The van der Waals surface area contributed by atoms with Gasteiger partial charge >= 0.3 is 0 Å². The third-order valence-corrected chi connectivity index (χ3v) is 3.61. The molecular formula is C16H14N2O3. The zero-order chi connectivity index (χ0) is 15.0. The SMILES string of the molecule is COc1cc([N+](=O)[O-])c2[nH]c(-c3ccccc3)c(C)c2c1. The fourth-order valence-corrected chi connectivity index (χ4v) is 2.54. The lowest BCUT2D eigenvalue weighted by Crippen LogP contribution is -1.91. The smallest absolute Gasteiger partial charge is 0.297 e. The van der Waals surface area contributed by atoms with Gasteiger partial charge in [-0.2, -0.15) is 0 Å². The van der Waals surface area contributed by atoms with Gasteiger partial charge in [-0.05, 0) is 24.1 Å². The molecule has 1 N–H and O–H groups in total. The maximum atomic E-state index is 11.3. The van der Waals surface area contributed by atoms with Crippen molar-refractivity contribution in [3.8, 4) is 17.0 Å². The Morgan fingerprint density at radius 3 is 2.52 bits per heavy atom. The molecule has 5 heteroatoms. The van der Waals surface area contributed by atoms with Crippen molar-refractivity contribution in [2.24, 2.45) is 0 Å². The van der Waals surface area contributed by atoms with Crippen molar-refractivity contribution in [3.05, 3.63) is 58.1 Å². The zero-order valence-corrected chi connectivity index (χ0v) is 11.7. The summed E-state index contributed by atoms with van der Waals surface area (Å²) in [4.78, 5) is 14.1. The van der Waals surface area contributed by atoms with E-state index in [0.29, 0.717) is 11.3 Å². The second-order valence-corrected chi connectivity index (χ2v) is 4.82. The zero-order valence-electron chi connectivity index (χ0n) is 11.7. The Morgan fingerprint density at radius 2 is 1.90 bits per heavy atom. The number of nitrogens with one attached hydrogen (secondary N) is 1. The number of nitro benzene ring substituents is 1. The van der Waals surface area contributed by atoms with Crippen LogP contribution in [-0.2, 0) is 0 Å². The van der Waals surface area contributed by atoms with Crippen molar-refractivity contribution in [3.63, 3.8) is 0 Å². The summed E-state index contributed by atoms with van der Waals surface area (Å²) >= 11 is 0. The van der Waals surface area contributed by atoms with Crippen LogP contribution in [0.1, 0.15) is 5.56 Å². The molecule has 21 heavy (non-hydrogen) atoms. The molecule has 0 spiro atoms. The van der Waals surface area contributed by atoms with E-state index in [1.165, 1.54) is 13.2 Å².